The van der Waals surface area contributed by atoms with Gasteiger partial charge in [-0.2, -0.15) is 5.26 Å². The number of carbonyl (C=O) groups excluding carboxylic acids is 1. The summed E-state index contributed by atoms with van der Waals surface area (Å²) in [5, 5.41) is 12.2. The minimum atomic E-state index is -0.797. The number of carbonyl (C=O) groups is 1. The van der Waals surface area contributed by atoms with E-state index in [2.05, 4.69) is 11.4 Å². The van der Waals surface area contributed by atoms with Gasteiger partial charge in [0.2, 0.25) is 0 Å². The topological polar surface area (TPSA) is 62.1 Å². The van der Waals surface area contributed by atoms with Crippen molar-refractivity contribution in [1.82, 2.24) is 0 Å². The molecule has 0 radical (unpaired) electrons. The minimum Gasteiger partial charge on any atom is -0.464 e. The van der Waals surface area contributed by atoms with Crippen LogP contribution in [0, 0.1) is 24.2 Å². The Hall–Kier alpha value is -2.02. The molecule has 0 heterocycles. The lowest BCUT2D eigenvalue weighted by molar-refractivity contribution is -0.149. The summed E-state index contributed by atoms with van der Waals surface area (Å²) >= 11 is 0. The van der Waals surface area contributed by atoms with Crippen LogP contribution in [-0.2, 0) is 9.53 Å². The van der Waals surface area contributed by atoms with Crippen LogP contribution in [0.2, 0.25) is 0 Å². The van der Waals surface area contributed by atoms with Crippen molar-refractivity contribution in [2.24, 2.45) is 5.92 Å². The van der Waals surface area contributed by atoms with E-state index in [1.807, 2.05) is 33.8 Å². The van der Waals surface area contributed by atoms with Gasteiger partial charge in [0.1, 0.15) is 5.54 Å². The number of esters is 1. The van der Waals surface area contributed by atoms with Crippen molar-refractivity contribution < 1.29 is 9.53 Å². The number of rotatable bonds is 5. The van der Waals surface area contributed by atoms with Gasteiger partial charge in [0.25, 0.3) is 0 Å². The van der Waals surface area contributed by atoms with Crippen LogP contribution < -0.4 is 5.32 Å². The molecule has 4 nitrogen and oxygen atoms in total. The quantitative estimate of drug-likeness (QED) is 0.837. The highest BCUT2D eigenvalue weighted by Gasteiger charge is 2.38. The van der Waals surface area contributed by atoms with Gasteiger partial charge in [0.05, 0.1) is 18.2 Å². The van der Waals surface area contributed by atoms with Crippen LogP contribution in [0.5, 0.6) is 0 Å². The number of anilines is 1. The molecule has 1 rings (SSSR count). The highest BCUT2D eigenvalue weighted by Crippen LogP contribution is 2.27. The molecule has 0 bridgehead atoms. The van der Waals surface area contributed by atoms with Crippen molar-refractivity contribution in [2.75, 3.05) is 11.9 Å². The first-order valence-corrected chi connectivity index (χ1v) is 6.81. The lowest BCUT2D eigenvalue weighted by Gasteiger charge is -2.33. The zero-order valence-electron chi connectivity index (χ0n) is 12.8. The predicted octanol–water partition coefficient (Wildman–Crippen LogP) is 3.26. The van der Waals surface area contributed by atoms with Gasteiger partial charge < -0.3 is 10.1 Å². The third kappa shape index (κ3) is 3.30. The second-order valence-electron chi connectivity index (χ2n) is 5.34. The average Bonchev–Trinajstić information content (AvgIpc) is 2.40. The van der Waals surface area contributed by atoms with E-state index in [-0.39, 0.29) is 11.9 Å². The van der Waals surface area contributed by atoms with Gasteiger partial charge >= 0.3 is 5.97 Å². The van der Waals surface area contributed by atoms with E-state index in [1.54, 1.807) is 19.1 Å². The van der Waals surface area contributed by atoms with Gasteiger partial charge in [0.15, 0.2) is 0 Å². The molecule has 0 aliphatic rings. The molecule has 20 heavy (non-hydrogen) atoms. The summed E-state index contributed by atoms with van der Waals surface area (Å²) in [6.45, 7) is 9.86. The van der Waals surface area contributed by atoms with E-state index in [0.717, 1.165) is 11.3 Å². The van der Waals surface area contributed by atoms with Crippen LogP contribution in [0.1, 0.15) is 38.8 Å². The molecule has 1 atom stereocenters. The predicted molar refractivity (Wildman–Crippen MR) is 79.4 cm³/mol. The summed E-state index contributed by atoms with van der Waals surface area (Å²) in [6, 6.07) is 7.47. The third-order valence-corrected chi connectivity index (χ3v) is 3.60. The molecule has 0 aromatic heterocycles. The normalized spacial score (nSPS) is 13.4. The zero-order chi connectivity index (χ0) is 15.3. The number of nitrogens with one attached hydrogen (secondary N) is 1. The molecular weight excluding hydrogens is 252 g/mol. The van der Waals surface area contributed by atoms with Crippen molar-refractivity contribution >= 4 is 11.7 Å². The van der Waals surface area contributed by atoms with Crippen molar-refractivity contribution in [1.29, 1.82) is 5.26 Å². The van der Waals surface area contributed by atoms with Crippen LogP contribution in [0.4, 0.5) is 5.69 Å². The number of nitriles is 1. The number of hydrogen-bond donors (Lipinski definition) is 1. The Labute approximate surface area is 120 Å². The monoisotopic (exact) mass is 274 g/mol. The molecule has 4 heteroatoms. The fourth-order valence-corrected chi connectivity index (χ4v) is 1.87. The number of nitrogens with zero attached hydrogens (tertiary/aromatic N) is 1. The summed E-state index contributed by atoms with van der Waals surface area (Å²) in [7, 11) is 0. The van der Waals surface area contributed by atoms with Gasteiger partial charge in [-0.1, -0.05) is 13.8 Å². The molecule has 0 saturated carbocycles. The number of hydrogen-bond acceptors (Lipinski definition) is 4. The molecule has 1 unspecified atom stereocenters. The third-order valence-electron chi connectivity index (χ3n) is 3.60. The van der Waals surface area contributed by atoms with Crippen molar-refractivity contribution in [3.8, 4) is 6.07 Å². The smallest absolute Gasteiger partial charge is 0.331 e. The minimum absolute atomic E-state index is 0.0663. The Morgan fingerprint density at radius 3 is 2.60 bits per heavy atom. The van der Waals surface area contributed by atoms with E-state index >= 15 is 0 Å². The van der Waals surface area contributed by atoms with Gasteiger partial charge in [-0.15, -0.1) is 0 Å². The number of aryl methyl sites for hydroxylation is 1. The van der Waals surface area contributed by atoms with E-state index < -0.39 is 5.54 Å². The Morgan fingerprint density at radius 2 is 2.15 bits per heavy atom. The molecule has 0 aliphatic heterocycles. The molecule has 1 aromatic carbocycles. The second-order valence-corrected chi connectivity index (χ2v) is 5.34. The maximum atomic E-state index is 12.2. The molecule has 108 valence electrons. The molecular formula is C16H22N2O2. The van der Waals surface area contributed by atoms with E-state index in [9.17, 15) is 4.79 Å². The Kier molecular flexibility index (Phi) is 5.15. The summed E-state index contributed by atoms with van der Waals surface area (Å²) in [5.74, 6) is -0.199. The van der Waals surface area contributed by atoms with Crippen molar-refractivity contribution in [3.63, 3.8) is 0 Å². The number of benzene rings is 1. The summed E-state index contributed by atoms with van der Waals surface area (Å²) in [4.78, 5) is 12.2. The van der Waals surface area contributed by atoms with Crippen LogP contribution >= 0.6 is 0 Å². The largest absolute Gasteiger partial charge is 0.464 e. The van der Waals surface area contributed by atoms with Crippen LogP contribution in [-0.4, -0.2) is 18.1 Å². The Morgan fingerprint density at radius 1 is 1.50 bits per heavy atom. The standard InChI is InChI=1S/C16H22N2O2/c1-6-20-15(19)16(5,11(2)3)18-14-8-7-13(10-17)9-12(14)4/h7-9,11,18H,6H2,1-5H3. The SMILES string of the molecule is CCOC(=O)C(C)(Nc1ccc(C#N)cc1C)C(C)C. The van der Waals surface area contributed by atoms with E-state index in [4.69, 9.17) is 10.00 Å². The van der Waals surface area contributed by atoms with Crippen LogP contribution in [0.25, 0.3) is 0 Å². The summed E-state index contributed by atoms with van der Waals surface area (Å²) < 4.78 is 5.17. The maximum absolute atomic E-state index is 12.2. The average molecular weight is 274 g/mol. The molecule has 1 N–H and O–H groups in total. The summed E-state index contributed by atoms with van der Waals surface area (Å²) in [5.41, 5.74) is 1.58. The maximum Gasteiger partial charge on any atom is 0.331 e. The van der Waals surface area contributed by atoms with Crippen LogP contribution in [0.3, 0.4) is 0 Å². The molecule has 0 spiro atoms. The molecule has 0 saturated heterocycles. The lowest BCUT2D eigenvalue weighted by atomic mass is 9.87. The second kappa shape index (κ2) is 6.42. The van der Waals surface area contributed by atoms with Crippen molar-refractivity contribution in [2.45, 2.75) is 40.2 Å². The molecule has 1 aromatic rings. The Bertz CT molecular complexity index is 532. The highest BCUT2D eigenvalue weighted by atomic mass is 16.5. The van der Waals surface area contributed by atoms with Gasteiger partial charge in [0, 0.05) is 5.69 Å². The fourth-order valence-electron chi connectivity index (χ4n) is 1.87. The van der Waals surface area contributed by atoms with Gasteiger partial charge in [-0.25, -0.2) is 4.79 Å². The van der Waals surface area contributed by atoms with E-state index in [1.165, 1.54) is 0 Å². The first-order valence-electron chi connectivity index (χ1n) is 6.81. The van der Waals surface area contributed by atoms with Crippen molar-refractivity contribution in [3.05, 3.63) is 29.3 Å². The van der Waals surface area contributed by atoms with Gasteiger partial charge in [-0.3, -0.25) is 0 Å². The fraction of sp³-hybridized carbons (Fsp3) is 0.500. The highest BCUT2D eigenvalue weighted by molar-refractivity contribution is 5.84. The van der Waals surface area contributed by atoms with Crippen LogP contribution in [0.15, 0.2) is 18.2 Å². The molecule has 0 fully saturated rings. The summed E-state index contributed by atoms with van der Waals surface area (Å²) in [6.07, 6.45) is 0. The Balaban J connectivity index is 3.09. The zero-order valence-corrected chi connectivity index (χ0v) is 12.8. The first-order chi connectivity index (χ1) is 9.35. The lowest BCUT2D eigenvalue weighted by Crippen LogP contribution is -2.49. The van der Waals surface area contributed by atoms with E-state index in [0.29, 0.717) is 12.2 Å². The number of ether oxygens (including phenoxy) is 1. The first kappa shape index (κ1) is 16.0. The molecule has 0 aliphatic carbocycles. The molecule has 0 amide bonds. The van der Waals surface area contributed by atoms with Gasteiger partial charge in [-0.05, 0) is 50.5 Å².